The van der Waals surface area contributed by atoms with Crippen LogP contribution < -0.4 is 5.73 Å². The fraction of sp³-hybridized carbons (Fsp3) is 0.929. The Balaban J connectivity index is 2.59. The van der Waals surface area contributed by atoms with Crippen LogP contribution in [0, 0.1) is 5.92 Å². The van der Waals surface area contributed by atoms with Gasteiger partial charge in [0.15, 0.2) is 0 Å². The third-order valence-electron chi connectivity index (χ3n) is 3.77. The van der Waals surface area contributed by atoms with Gasteiger partial charge in [0.25, 0.3) is 0 Å². The fourth-order valence-electron chi connectivity index (χ4n) is 2.29. The highest BCUT2D eigenvalue weighted by Gasteiger charge is 2.46. The first-order valence-corrected chi connectivity index (χ1v) is 7.01. The van der Waals surface area contributed by atoms with Crippen molar-refractivity contribution in [2.75, 3.05) is 6.54 Å². The average molecular weight is 240 g/mol. The lowest BCUT2D eigenvalue weighted by atomic mass is 9.94. The van der Waals surface area contributed by atoms with Gasteiger partial charge in [-0.15, -0.1) is 0 Å². The quantitative estimate of drug-likeness (QED) is 0.695. The maximum Gasteiger partial charge on any atom is 0.242 e. The van der Waals surface area contributed by atoms with Gasteiger partial charge in [-0.25, -0.2) is 0 Å². The molecule has 0 radical (unpaired) electrons. The largest absolute Gasteiger partial charge is 0.339 e. The van der Waals surface area contributed by atoms with Crippen LogP contribution in [0.1, 0.15) is 59.8 Å². The highest BCUT2D eigenvalue weighted by Crippen LogP contribution is 2.39. The molecular formula is C14H28N2O. The SMILES string of the molecule is CCCCCN(C(=O)C(C)(N)C1CC1)C(C)C. The van der Waals surface area contributed by atoms with Gasteiger partial charge < -0.3 is 10.6 Å². The molecule has 17 heavy (non-hydrogen) atoms. The van der Waals surface area contributed by atoms with Crippen LogP contribution in [-0.2, 0) is 4.79 Å². The Morgan fingerprint density at radius 1 is 1.41 bits per heavy atom. The molecule has 1 unspecified atom stereocenters. The molecule has 1 aliphatic rings. The van der Waals surface area contributed by atoms with Crippen LogP contribution in [0.25, 0.3) is 0 Å². The average Bonchev–Trinajstić information content (AvgIpc) is 3.06. The van der Waals surface area contributed by atoms with Crippen molar-refractivity contribution in [1.82, 2.24) is 4.90 Å². The molecule has 1 amide bonds. The van der Waals surface area contributed by atoms with Crippen molar-refractivity contribution in [3.05, 3.63) is 0 Å². The maximum atomic E-state index is 12.5. The number of hydrogen-bond acceptors (Lipinski definition) is 2. The predicted octanol–water partition coefficient (Wildman–Crippen LogP) is 2.54. The van der Waals surface area contributed by atoms with E-state index in [0.717, 1.165) is 25.8 Å². The van der Waals surface area contributed by atoms with Gasteiger partial charge in [-0.05, 0) is 46.0 Å². The molecule has 0 aromatic carbocycles. The van der Waals surface area contributed by atoms with E-state index in [0.29, 0.717) is 5.92 Å². The minimum Gasteiger partial charge on any atom is -0.339 e. The maximum absolute atomic E-state index is 12.5. The summed E-state index contributed by atoms with van der Waals surface area (Å²) in [7, 11) is 0. The molecule has 3 heteroatoms. The number of hydrogen-bond donors (Lipinski definition) is 1. The molecule has 100 valence electrons. The minimum atomic E-state index is -0.642. The Bertz CT molecular complexity index is 257. The van der Waals surface area contributed by atoms with Crippen molar-refractivity contribution in [3.8, 4) is 0 Å². The summed E-state index contributed by atoms with van der Waals surface area (Å²) in [6, 6.07) is 0.251. The molecule has 0 heterocycles. The summed E-state index contributed by atoms with van der Waals surface area (Å²) in [5.41, 5.74) is 5.57. The van der Waals surface area contributed by atoms with Crippen LogP contribution in [-0.4, -0.2) is 28.9 Å². The third-order valence-corrected chi connectivity index (χ3v) is 3.77. The van der Waals surface area contributed by atoms with Crippen LogP contribution in [0.3, 0.4) is 0 Å². The number of rotatable bonds is 7. The summed E-state index contributed by atoms with van der Waals surface area (Å²) in [6.07, 6.45) is 5.67. The number of amides is 1. The van der Waals surface area contributed by atoms with E-state index < -0.39 is 5.54 Å². The second-order valence-corrected chi connectivity index (χ2v) is 5.86. The van der Waals surface area contributed by atoms with Crippen LogP contribution in [0.4, 0.5) is 0 Å². The second-order valence-electron chi connectivity index (χ2n) is 5.86. The lowest BCUT2D eigenvalue weighted by Crippen LogP contribution is -2.56. The van der Waals surface area contributed by atoms with E-state index in [1.54, 1.807) is 0 Å². The van der Waals surface area contributed by atoms with E-state index in [4.69, 9.17) is 5.73 Å². The van der Waals surface area contributed by atoms with Crippen molar-refractivity contribution in [1.29, 1.82) is 0 Å². The number of carbonyl (C=O) groups excluding carboxylic acids is 1. The summed E-state index contributed by atoms with van der Waals surface area (Å²) in [5.74, 6) is 0.550. The van der Waals surface area contributed by atoms with E-state index in [-0.39, 0.29) is 11.9 Å². The number of nitrogens with zero attached hydrogens (tertiary/aromatic N) is 1. The van der Waals surface area contributed by atoms with Crippen LogP contribution in [0.15, 0.2) is 0 Å². The van der Waals surface area contributed by atoms with Crippen LogP contribution in [0.2, 0.25) is 0 Å². The Kier molecular flexibility index (Phi) is 4.99. The van der Waals surface area contributed by atoms with Gasteiger partial charge >= 0.3 is 0 Å². The van der Waals surface area contributed by atoms with Gasteiger partial charge in [0.2, 0.25) is 5.91 Å². The molecule has 1 aliphatic carbocycles. The number of unbranched alkanes of at least 4 members (excludes halogenated alkanes) is 2. The summed E-state index contributed by atoms with van der Waals surface area (Å²) in [4.78, 5) is 14.4. The summed E-state index contributed by atoms with van der Waals surface area (Å²) < 4.78 is 0. The molecular weight excluding hydrogens is 212 g/mol. The van der Waals surface area contributed by atoms with Gasteiger partial charge in [0.1, 0.15) is 0 Å². The van der Waals surface area contributed by atoms with Crippen molar-refractivity contribution in [3.63, 3.8) is 0 Å². The standard InChI is InChI=1S/C14H28N2O/c1-5-6-7-10-16(11(2)3)13(17)14(4,15)12-8-9-12/h11-12H,5-10,15H2,1-4H3. The van der Waals surface area contributed by atoms with E-state index in [1.807, 2.05) is 11.8 Å². The number of carbonyl (C=O) groups is 1. The van der Waals surface area contributed by atoms with Crippen molar-refractivity contribution in [2.45, 2.75) is 71.4 Å². The van der Waals surface area contributed by atoms with Gasteiger partial charge in [-0.3, -0.25) is 4.79 Å². The van der Waals surface area contributed by atoms with E-state index >= 15 is 0 Å². The van der Waals surface area contributed by atoms with Gasteiger partial charge in [0.05, 0.1) is 5.54 Å². The zero-order valence-electron chi connectivity index (χ0n) is 11.8. The molecule has 1 fully saturated rings. The molecule has 0 spiro atoms. The Hall–Kier alpha value is -0.570. The molecule has 2 N–H and O–H groups in total. The normalized spacial score (nSPS) is 19.2. The first-order chi connectivity index (χ1) is 7.91. The van der Waals surface area contributed by atoms with Crippen LogP contribution in [0.5, 0.6) is 0 Å². The Labute approximate surface area is 106 Å². The van der Waals surface area contributed by atoms with Crippen molar-refractivity contribution < 1.29 is 4.79 Å². The smallest absolute Gasteiger partial charge is 0.242 e. The summed E-state index contributed by atoms with van der Waals surface area (Å²) >= 11 is 0. The molecule has 1 saturated carbocycles. The van der Waals surface area contributed by atoms with Gasteiger partial charge in [0, 0.05) is 12.6 Å². The molecule has 0 aromatic rings. The highest BCUT2D eigenvalue weighted by atomic mass is 16.2. The first kappa shape index (κ1) is 14.5. The Morgan fingerprint density at radius 2 is 2.00 bits per heavy atom. The summed E-state index contributed by atoms with van der Waals surface area (Å²) in [6.45, 7) is 9.09. The lowest BCUT2D eigenvalue weighted by Gasteiger charge is -2.34. The first-order valence-electron chi connectivity index (χ1n) is 7.01. The second kappa shape index (κ2) is 5.85. The fourth-order valence-corrected chi connectivity index (χ4v) is 2.29. The van der Waals surface area contributed by atoms with Crippen molar-refractivity contribution >= 4 is 5.91 Å². The zero-order valence-corrected chi connectivity index (χ0v) is 11.8. The zero-order chi connectivity index (χ0) is 13.1. The Morgan fingerprint density at radius 3 is 2.41 bits per heavy atom. The third kappa shape index (κ3) is 3.70. The predicted molar refractivity (Wildman–Crippen MR) is 71.7 cm³/mol. The molecule has 0 saturated heterocycles. The van der Waals surface area contributed by atoms with E-state index in [9.17, 15) is 4.79 Å². The molecule has 0 aromatic heterocycles. The molecule has 1 rings (SSSR count). The minimum absolute atomic E-state index is 0.145. The monoisotopic (exact) mass is 240 g/mol. The van der Waals surface area contributed by atoms with Crippen LogP contribution >= 0.6 is 0 Å². The highest BCUT2D eigenvalue weighted by molar-refractivity contribution is 5.86. The summed E-state index contributed by atoms with van der Waals surface area (Å²) in [5, 5.41) is 0. The topological polar surface area (TPSA) is 46.3 Å². The molecule has 0 bridgehead atoms. The van der Waals surface area contributed by atoms with E-state index in [1.165, 1.54) is 12.8 Å². The molecule has 0 aliphatic heterocycles. The number of nitrogens with two attached hydrogens (primary N) is 1. The van der Waals surface area contributed by atoms with Gasteiger partial charge in [-0.1, -0.05) is 19.8 Å². The van der Waals surface area contributed by atoms with Gasteiger partial charge in [-0.2, -0.15) is 0 Å². The lowest BCUT2D eigenvalue weighted by molar-refractivity contribution is -0.139. The molecule has 1 atom stereocenters. The van der Waals surface area contributed by atoms with E-state index in [2.05, 4.69) is 20.8 Å². The molecule has 3 nitrogen and oxygen atoms in total. The van der Waals surface area contributed by atoms with Crippen molar-refractivity contribution in [2.24, 2.45) is 11.7 Å².